The topological polar surface area (TPSA) is 99.3 Å². The van der Waals surface area contributed by atoms with Gasteiger partial charge in [0.1, 0.15) is 0 Å². The molecule has 2 rings (SSSR count). The SMILES string of the molecule is CCCCCC(=O)Nc1cccc(NC(=O)CNc2ccc(C(=O)NCC)cc2)c1. The third kappa shape index (κ3) is 7.95. The minimum atomic E-state index is -0.214. The minimum absolute atomic E-state index is 0.0235. The molecule has 0 radical (unpaired) electrons. The highest BCUT2D eigenvalue weighted by molar-refractivity contribution is 5.96. The van der Waals surface area contributed by atoms with Gasteiger partial charge in [-0.3, -0.25) is 14.4 Å². The van der Waals surface area contributed by atoms with Crippen LogP contribution in [0.3, 0.4) is 0 Å². The predicted molar refractivity (Wildman–Crippen MR) is 121 cm³/mol. The summed E-state index contributed by atoms with van der Waals surface area (Å²) in [6.45, 7) is 4.61. The maximum Gasteiger partial charge on any atom is 0.251 e. The average molecular weight is 411 g/mol. The van der Waals surface area contributed by atoms with Crippen molar-refractivity contribution in [2.75, 3.05) is 29.0 Å². The zero-order valence-electron chi connectivity index (χ0n) is 17.6. The van der Waals surface area contributed by atoms with Crippen LogP contribution in [0.25, 0.3) is 0 Å². The van der Waals surface area contributed by atoms with Gasteiger partial charge in [0.25, 0.3) is 5.91 Å². The van der Waals surface area contributed by atoms with Crippen molar-refractivity contribution < 1.29 is 14.4 Å². The summed E-state index contributed by atoms with van der Waals surface area (Å²) in [7, 11) is 0. The highest BCUT2D eigenvalue weighted by Crippen LogP contribution is 2.16. The molecular formula is C23H30N4O3. The maximum atomic E-state index is 12.2. The Kier molecular flexibility index (Phi) is 9.37. The molecule has 0 aromatic heterocycles. The van der Waals surface area contributed by atoms with Gasteiger partial charge >= 0.3 is 0 Å². The lowest BCUT2D eigenvalue weighted by molar-refractivity contribution is -0.116. The summed E-state index contributed by atoms with van der Waals surface area (Å²) in [6, 6.07) is 14.0. The molecule has 2 aromatic rings. The van der Waals surface area contributed by atoms with Gasteiger partial charge in [0.05, 0.1) is 6.54 Å². The average Bonchev–Trinajstić information content (AvgIpc) is 2.73. The van der Waals surface area contributed by atoms with E-state index in [0.717, 1.165) is 24.9 Å². The van der Waals surface area contributed by atoms with Gasteiger partial charge in [-0.1, -0.05) is 25.8 Å². The van der Waals surface area contributed by atoms with Crippen molar-refractivity contribution in [3.05, 3.63) is 54.1 Å². The number of anilines is 3. The Morgan fingerprint density at radius 1 is 0.800 bits per heavy atom. The third-order valence-corrected chi connectivity index (χ3v) is 4.37. The van der Waals surface area contributed by atoms with Crippen LogP contribution in [0.4, 0.5) is 17.1 Å². The zero-order valence-corrected chi connectivity index (χ0v) is 17.6. The van der Waals surface area contributed by atoms with Crippen LogP contribution in [0.15, 0.2) is 48.5 Å². The molecule has 7 heteroatoms. The van der Waals surface area contributed by atoms with E-state index in [2.05, 4.69) is 28.2 Å². The van der Waals surface area contributed by atoms with E-state index in [0.29, 0.717) is 29.9 Å². The van der Waals surface area contributed by atoms with E-state index in [1.807, 2.05) is 6.92 Å². The molecule has 4 N–H and O–H groups in total. The van der Waals surface area contributed by atoms with Crippen LogP contribution in [-0.4, -0.2) is 30.8 Å². The van der Waals surface area contributed by atoms with E-state index in [1.54, 1.807) is 48.5 Å². The number of amides is 3. The van der Waals surface area contributed by atoms with Gasteiger partial charge in [-0.25, -0.2) is 0 Å². The second-order valence-corrected chi connectivity index (χ2v) is 6.92. The largest absolute Gasteiger partial charge is 0.376 e. The minimum Gasteiger partial charge on any atom is -0.376 e. The summed E-state index contributed by atoms with van der Waals surface area (Å²) < 4.78 is 0. The molecule has 0 aliphatic rings. The summed E-state index contributed by atoms with van der Waals surface area (Å²) in [6.07, 6.45) is 3.47. The first-order valence-corrected chi connectivity index (χ1v) is 10.3. The third-order valence-electron chi connectivity index (χ3n) is 4.37. The number of carbonyl (C=O) groups excluding carboxylic acids is 3. The first-order chi connectivity index (χ1) is 14.5. The molecule has 0 aliphatic heterocycles. The van der Waals surface area contributed by atoms with Gasteiger partial charge < -0.3 is 21.3 Å². The quantitative estimate of drug-likeness (QED) is 0.421. The van der Waals surface area contributed by atoms with Gasteiger partial charge in [0, 0.05) is 35.6 Å². The highest BCUT2D eigenvalue weighted by Gasteiger charge is 2.07. The molecule has 30 heavy (non-hydrogen) atoms. The number of hydrogen-bond donors (Lipinski definition) is 4. The fourth-order valence-corrected chi connectivity index (χ4v) is 2.82. The summed E-state index contributed by atoms with van der Waals surface area (Å²) in [4.78, 5) is 35.9. The molecular weight excluding hydrogens is 380 g/mol. The van der Waals surface area contributed by atoms with Crippen LogP contribution in [0.5, 0.6) is 0 Å². The lowest BCUT2D eigenvalue weighted by atomic mass is 10.2. The van der Waals surface area contributed by atoms with E-state index in [1.165, 1.54) is 0 Å². The molecule has 0 fully saturated rings. The van der Waals surface area contributed by atoms with Crippen molar-refractivity contribution >= 4 is 34.8 Å². The Hall–Kier alpha value is -3.35. The standard InChI is InChI=1S/C23H30N4O3/c1-3-5-6-10-21(28)26-19-8-7-9-20(15-19)27-22(29)16-25-18-13-11-17(12-14-18)23(30)24-4-2/h7-9,11-15,25H,3-6,10,16H2,1-2H3,(H,24,30)(H,26,28)(H,27,29). The summed E-state index contributed by atoms with van der Waals surface area (Å²) in [5.41, 5.74) is 2.58. The molecule has 0 spiro atoms. The van der Waals surface area contributed by atoms with Crippen LogP contribution in [0, 0.1) is 0 Å². The molecule has 2 aromatic carbocycles. The Balaban J connectivity index is 1.82. The number of nitrogens with one attached hydrogen (secondary N) is 4. The van der Waals surface area contributed by atoms with Crippen molar-refractivity contribution in [1.29, 1.82) is 0 Å². The van der Waals surface area contributed by atoms with Crippen LogP contribution in [0.2, 0.25) is 0 Å². The Morgan fingerprint density at radius 2 is 1.47 bits per heavy atom. The zero-order chi connectivity index (χ0) is 21.8. The van der Waals surface area contributed by atoms with Gasteiger partial charge in [-0.05, 0) is 55.8 Å². The number of benzene rings is 2. The van der Waals surface area contributed by atoms with Crippen LogP contribution in [0.1, 0.15) is 49.9 Å². The van der Waals surface area contributed by atoms with Crippen LogP contribution in [-0.2, 0) is 9.59 Å². The van der Waals surface area contributed by atoms with Gasteiger partial charge in [-0.15, -0.1) is 0 Å². The normalized spacial score (nSPS) is 10.2. The molecule has 0 aliphatic carbocycles. The van der Waals surface area contributed by atoms with E-state index in [9.17, 15) is 14.4 Å². The fraction of sp³-hybridized carbons (Fsp3) is 0.348. The number of carbonyl (C=O) groups is 3. The molecule has 0 saturated carbocycles. The van der Waals surface area contributed by atoms with Crippen LogP contribution >= 0.6 is 0 Å². The maximum absolute atomic E-state index is 12.2. The van der Waals surface area contributed by atoms with Gasteiger partial charge in [0.2, 0.25) is 11.8 Å². The highest BCUT2D eigenvalue weighted by atomic mass is 16.2. The second-order valence-electron chi connectivity index (χ2n) is 6.92. The number of rotatable bonds is 11. The summed E-state index contributed by atoms with van der Waals surface area (Å²) in [5, 5.41) is 11.4. The van der Waals surface area contributed by atoms with E-state index in [4.69, 9.17) is 0 Å². The molecule has 0 saturated heterocycles. The summed E-state index contributed by atoms with van der Waals surface area (Å²) >= 11 is 0. The first kappa shape index (κ1) is 22.9. The predicted octanol–water partition coefficient (Wildman–Crippen LogP) is 4.01. The van der Waals surface area contributed by atoms with Crippen molar-refractivity contribution in [2.24, 2.45) is 0 Å². The van der Waals surface area contributed by atoms with Gasteiger partial charge in [0.15, 0.2) is 0 Å². The van der Waals surface area contributed by atoms with Crippen molar-refractivity contribution in [3.8, 4) is 0 Å². The lowest BCUT2D eigenvalue weighted by Crippen LogP contribution is -2.23. The van der Waals surface area contributed by atoms with Gasteiger partial charge in [-0.2, -0.15) is 0 Å². The van der Waals surface area contributed by atoms with E-state index < -0.39 is 0 Å². The van der Waals surface area contributed by atoms with Crippen LogP contribution < -0.4 is 21.3 Å². The van der Waals surface area contributed by atoms with Crippen molar-refractivity contribution in [3.63, 3.8) is 0 Å². The Labute approximate surface area is 177 Å². The molecule has 7 nitrogen and oxygen atoms in total. The Morgan fingerprint density at radius 3 is 2.10 bits per heavy atom. The molecule has 160 valence electrons. The molecule has 0 atom stereocenters. The fourth-order valence-electron chi connectivity index (χ4n) is 2.82. The second kappa shape index (κ2) is 12.3. The lowest BCUT2D eigenvalue weighted by Gasteiger charge is -2.10. The number of unbranched alkanes of at least 4 members (excludes halogenated alkanes) is 2. The molecule has 0 unspecified atom stereocenters. The first-order valence-electron chi connectivity index (χ1n) is 10.3. The van der Waals surface area contributed by atoms with E-state index in [-0.39, 0.29) is 24.3 Å². The molecule has 3 amide bonds. The Bertz CT molecular complexity index is 850. The number of hydrogen-bond acceptors (Lipinski definition) is 4. The van der Waals surface area contributed by atoms with Crippen molar-refractivity contribution in [2.45, 2.75) is 39.5 Å². The molecule has 0 bridgehead atoms. The van der Waals surface area contributed by atoms with E-state index >= 15 is 0 Å². The summed E-state index contributed by atoms with van der Waals surface area (Å²) in [5.74, 6) is -0.363. The molecule has 0 heterocycles. The monoisotopic (exact) mass is 410 g/mol. The van der Waals surface area contributed by atoms with Crippen molar-refractivity contribution in [1.82, 2.24) is 5.32 Å². The smallest absolute Gasteiger partial charge is 0.251 e.